The van der Waals surface area contributed by atoms with Crippen molar-refractivity contribution in [2.45, 2.75) is 19.4 Å². The average molecular weight is 353 g/mol. The second-order valence-electron chi connectivity index (χ2n) is 6.31. The predicted molar refractivity (Wildman–Crippen MR) is 97.6 cm³/mol. The van der Waals surface area contributed by atoms with Gasteiger partial charge in [-0.05, 0) is 13.0 Å². The molecular weight excluding hydrogens is 334 g/mol. The lowest BCUT2D eigenvalue weighted by Gasteiger charge is -2.50. The van der Waals surface area contributed by atoms with Crippen LogP contribution in [0.2, 0.25) is 0 Å². The van der Waals surface area contributed by atoms with E-state index in [1.54, 1.807) is 6.33 Å². The highest BCUT2D eigenvalue weighted by Gasteiger charge is 2.50. The minimum atomic E-state index is -0.278. The Labute approximate surface area is 150 Å². The molecule has 1 aliphatic rings. The van der Waals surface area contributed by atoms with Gasteiger partial charge in [0.25, 0.3) is 0 Å². The zero-order valence-electron chi connectivity index (χ0n) is 14.2. The van der Waals surface area contributed by atoms with Gasteiger partial charge in [-0.15, -0.1) is 0 Å². The van der Waals surface area contributed by atoms with E-state index in [1.165, 1.54) is 0 Å². The number of fused-ring (bicyclic) bond motifs is 1. The number of nitrogens with one attached hydrogen (secondary N) is 1. The first-order valence-corrected chi connectivity index (χ1v) is 9.23. The van der Waals surface area contributed by atoms with Gasteiger partial charge >= 0.3 is 0 Å². The maximum Gasteiger partial charge on any atom is 0.141 e. The van der Waals surface area contributed by atoms with Crippen LogP contribution in [0.3, 0.4) is 0 Å². The lowest BCUT2D eigenvalue weighted by atomic mass is 9.80. The molecule has 4 heterocycles. The summed E-state index contributed by atoms with van der Waals surface area (Å²) in [6.45, 7) is 5.77. The van der Waals surface area contributed by atoms with Gasteiger partial charge in [0.15, 0.2) is 0 Å². The van der Waals surface area contributed by atoms with Crippen LogP contribution < -0.4 is 0 Å². The first-order chi connectivity index (χ1) is 12.2. The standard InChI is InChI=1S/C17H19N7S/c1-3-25-23-9-17(10-23,12(2)6-18)24-8-13(7-22-24)15-14-4-5-19-16(14)21-11-20-15/h4-5,7-8,11-12H,3,9-10H2,1-2H3,(H,19,20,21)/t12-/m1/s1. The molecule has 0 aromatic carbocycles. The molecule has 0 radical (unpaired) electrons. The molecule has 1 fully saturated rings. The quantitative estimate of drug-likeness (QED) is 0.710. The average Bonchev–Trinajstić information content (AvgIpc) is 3.25. The third kappa shape index (κ3) is 2.51. The highest BCUT2D eigenvalue weighted by molar-refractivity contribution is 7.97. The predicted octanol–water partition coefficient (Wildman–Crippen LogP) is 2.66. The van der Waals surface area contributed by atoms with Gasteiger partial charge in [-0.2, -0.15) is 10.4 Å². The van der Waals surface area contributed by atoms with Crippen LogP contribution in [-0.2, 0) is 5.54 Å². The van der Waals surface area contributed by atoms with Crippen molar-refractivity contribution in [2.75, 3.05) is 18.8 Å². The van der Waals surface area contributed by atoms with Gasteiger partial charge in [0.2, 0.25) is 0 Å². The van der Waals surface area contributed by atoms with Crippen LogP contribution in [0.5, 0.6) is 0 Å². The number of H-pyrrole nitrogens is 1. The highest BCUT2D eigenvalue weighted by atomic mass is 32.2. The smallest absolute Gasteiger partial charge is 0.141 e. The highest BCUT2D eigenvalue weighted by Crippen LogP contribution is 2.40. The van der Waals surface area contributed by atoms with Gasteiger partial charge < -0.3 is 4.98 Å². The maximum atomic E-state index is 9.51. The molecule has 0 unspecified atom stereocenters. The normalized spacial score (nSPS) is 18.0. The second-order valence-corrected chi connectivity index (χ2v) is 7.66. The van der Waals surface area contributed by atoms with Crippen LogP contribution in [0.25, 0.3) is 22.3 Å². The number of nitriles is 1. The largest absolute Gasteiger partial charge is 0.346 e. The fourth-order valence-electron chi connectivity index (χ4n) is 3.37. The molecule has 128 valence electrons. The summed E-state index contributed by atoms with van der Waals surface area (Å²) in [5.41, 5.74) is 2.33. The number of aromatic amines is 1. The van der Waals surface area contributed by atoms with Crippen LogP contribution in [0, 0.1) is 17.2 Å². The second kappa shape index (κ2) is 6.17. The topological polar surface area (TPSA) is 86.4 Å². The van der Waals surface area contributed by atoms with E-state index in [0.29, 0.717) is 0 Å². The van der Waals surface area contributed by atoms with Gasteiger partial charge in [0.1, 0.15) is 17.5 Å². The van der Waals surface area contributed by atoms with Crippen LogP contribution >= 0.6 is 11.9 Å². The first-order valence-electron chi connectivity index (χ1n) is 8.29. The van der Waals surface area contributed by atoms with Crippen LogP contribution in [-0.4, -0.2) is 47.9 Å². The van der Waals surface area contributed by atoms with E-state index in [0.717, 1.165) is 41.1 Å². The van der Waals surface area contributed by atoms with Crippen LogP contribution in [0.4, 0.5) is 0 Å². The molecule has 3 aromatic rings. The zero-order chi connectivity index (χ0) is 17.4. The van der Waals surface area contributed by atoms with E-state index >= 15 is 0 Å². The van der Waals surface area contributed by atoms with Crippen molar-refractivity contribution >= 4 is 23.0 Å². The number of nitrogens with zero attached hydrogens (tertiary/aromatic N) is 6. The van der Waals surface area contributed by atoms with Crippen molar-refractivity contribution in [2.24, 2.45) is 5.92 Å². The summed E-state index contributed by atoms with van der Waals surface area (Å²) < 4.78 is 4.26. The van der Waals surface area contributed by atoms with E-state index in [9.17, 15) is 5.26 Å². The first kappa shape index (κ1) is 16.1. The molecule has 0 spiro atoms. The molecule has 4 rings (SSSR count). The fourth-order valence-corrected chi connectivity index (χ4v) is 4.36. The molecule has 0 bridgehead atoms. The van der Waals surface area contributed by atoms with E-state index in [2.05, 4.69) is 37.3 Å². The summed E-state index contributed by atoms with van der Waals surface area (Å²) in [4.78, 5) is 11.8. The number of aromatic nitrogens is 5. The molecule has 1 saturated heterocycles. The Balaban J connectivity index is 1.70. The van der Waals surface area contributed by atoms with E-state index in [4.69, 9.17) is 0 Å². The third-order valence-electron chi connectivity index (χ3n) is 4.88. The summed E-state index contributed by atoms with van der Waals surface area (Å²) >= 11 is 1.81. The minimum Gasteiger partial charge on any atom is -0.346 e. The van der Waals surface area contributed by atoms with E-state index < -0.39 is 0 Å². The van der Waals surface area contributed by atoms with Crippen molar-refractivity contribution in [3.8, 4) is 17.3 Å². The summed E-state index contributed by atoms with van der Waals surface area (Å²) in [6.07, 6.45) is 7.26. The Morgan fingerprint density at radius 1 is 1.44 bits per heavy atom. The maximum absolute atomic E-state index is 9.51. The summed E-state index contributed by atoms with van der Waals surface area (Å²) in [7, 11) is 0. The van der Waals surface area contributed by atoms with Crippen molar-refractivity contribution < 1.29 is 0 Å². The number of rotatable bonds is 5. The van der Waals surface area contributed by atoms with Gasteiger partial charge in [0, 0.05) is 42.2 Å². The fraction of sp³-hybridized carbons (Fsp3) is 0.412. The number of hydrogen-bond acceptors (Lipinski definition) is 6. The van der Waals surface area contributed by atoms with Gasteiger partial charge in [0.05, 0.1) is 23.9 Å². The third-order valence-corrected chi connectivity index (χ3v) is 5.76. The lowest BCUT2D eigenvalue weighted by molar-refractivity contribution is 0.0433. The molecule has 0 saturated carbocycles. The Morgan fingerprint density at radius 3 is 3.04 bits per heavy atom. The molecule has 1 atom stereocenters. The molecule has 8 heteroatoms. The Hall–Kier alpha value is -2.37. The summed E-state index contributed by atoms with van der Waals surface area (Å²) in [5.74, 6) is 0.917. The molecular formula is C17H19N7S. The van der Waals surface area contributed by atoms with Gasteiger partial charge in [-0.1, -0.05) is 18.9 Å². The summed E-state index contributed by atoms with van der Waals surface area (Å²) in [5, 5.41) is 15.1. The molecule has 1 aliphatic heterocycles. The number of hydrogen-bond donors (Lipinski definition) is 1. The van der Waals surface area contributed by atoms with Crippen LogP contribution in [0.1, 0.15) is 13.8 Å². The van der Waals surface area contributed by atoms with Crippen molar-refractivity contribution in [3.63, 3.8) is 0 Å². The van der Waals surface area contributed by atoms with E-state index in [-0.39, 0.29) is 11.5 Å². The molecule has 3 aromatic heterocycles. The van der Waals surface area contributed by atoms with Crippen molar-refractivity contribution in [1.29, 1.82) is 5.26 Å². The zero-order valence-corrected chi connectivity index (χ0v) is 15.0. The molecule has 7 nitrogen and oxygen atoms in total. The SMILES string of the molecule is CCSN1CC([C@H](C)C#N)(n2cc(-c3ncnc4[nH]ccc34)cn2)C1. The monoisotopic (exact) mass is 353 g/mol. The molecule has 1 N–H and O–H groups in total. The Morgan fingerprint density at radius 2 is 2.28 bits per heavy atom. The summed E-state index contributed by atoms with van der Waals surface area (Å²) in [6, 6.07) is 4.39. The minimum absolute atomic E-state index is 0.119. The molecule has 0 aliphatic carbocycles. The van der Waals surface area contributed by atoms with Gasteiger partial charge in [-0.3, -0.25) is 4.68 Å². The van der Waals surface area contributed by atoms with Crippen LogP contribution in [0.15, 0.2) is 31.0 Å². The lowest BCUT2D eigenvalue weighted by Crippen LogP contribution is -2.63. The van der Waals surface area contributed by atoms with Gasteiger partial charge in [-0.25, -0.2) is 14.3 Å². The molecule has 25 heavy (non-hydrogen) atoms. The van der Waals surface area contributed by atoms with E-state index in [1.807, 2.05) is 48.2 Å². The van der Waals surface area contributed by atoms with Crippen molar-refractivity contribution in [1.82, 2.24) is 29.0 Å². The van der Waals surface area contributed by atoms with Crippen molar-refractivity contribution in [3.05, 3.63) is 31.0 Å². The Bertz CT molecular complexity index is 932. The molecule has 0 amide bonds. The Kier molecular flexibility index (Phi) is 3.98.